The lowest BCUT2D eigenvalue weighted by molar-refractivity contribution is 0.283. The Labute approximate surface area is 112 Å². The van der Waals surface area contributed by atoms with E-state index in [1.165, 1.54) is 0 Å². The van der Waals surface area contributed by atoms with E-state index in [0.29, 0.717) is 22.3 Å². The van der Waals surface area contributed by atoms with Gasteiger partial charge in [-0.2, -0.15) is 0 Å². The van der Waals surface area contributed by atoms with Crippen molar-refractivity contribution >= 4 is 23.2 Å². The first-order valence-corrected chi connectivity index (χ1v) is 6.28. The summed E-state index contributed by atoms with van der Waals surface area (Å²) in [6.07, 6.45) is 1.77. The number of ether oxygens (including phenoxy) is 1. The van der Waals surface area contributed by atoms with E-state index in [2.05, 4.69) is 5.32 Å². The third-order valence-electron chi connectivity index (χ3n) is 2.35. The Kier molecular flexibility index (Phi) is 6.66. The maximum atomic E-state index is 8.64. The average Bonchev–Trinajstić information content (AvgIpc) is 2.28. The molecule has 96 valence electrons. The molecule has 0 unspecified atom stereocenters. The number of benzene rings is 1. The molecular formula is C12H17Cl2NO2. The zero-order valence-electron chi connectivity index (χ0n) is 9.80. The molecule has 0 aliphatic carbocycles. The van der Waals surface area contributed by atoms with Crippen LogP contribution in [-0.2, 0) is 6.54 Å². The smallest absolute Gasteiger partial charge is 0.156 e. The predicted molar refractivity (Wildman–Crippen MR) is 71.0 cm³/mol. The number of unbranched alkanes of at least 4 members (excludes halogenated alkanes) is 1. The van der Waals surface area contributed by atoms with Crippen molar-refractivity contribution in [1.29, 1.82) is 0 Å². The summed E-state index contributed by atoms with van der Waals surface area (Å²) in [6, 6.07) is 3.68. The number of hydrogen-bond donors (Lipinski definition) is 2. The molecule has 17 heavy (non-hydrogen) atoms. The third-order valence-corrected chi connectivity index (χ3v) is 2.91. The molecule has 1 aromatic rings. The fourth-order valence-electron chi connectivity index (χ4n) is 1.50. The summed E-state index contributed by atoms with van der Waals surface area (Å²) in [6.45, 7) is 1.80. The molecular weight excluding hydrogens is 261 g/mol. The minimum absolute atomic E-state index is 0.238. The monoisotopic (exact) mass is 277 g/mol. The molecule has 0 aliphatic rings. The van der Waals surface area contributed by atoms with E-state index in [1.54, 1.807) is 7.11 Å². The minimum Gasteiger partial charge on any atom is -0.494 e. The Bertz CT molecular complexity index is 335. The van der Waals surface area contributed by atoms with Crippen LogP contribution in [0, 0.1) is 0 Å². The van der Waals surface area contributed by atoms with E-state index < -0.39 is 0 Å². The molecule has 0 saturated heterocycles. The molecule has 0 atom stereocenters. The summed E-state index contributed by atoms with van der Waals surface area (Å²) in [5.74, 6) is 0.511. The van der Waals surface area contributed by atoms with Crippen LogP contribution < -0.4 is 10.1 Å². The van der Waals surface area contributed by atoms with Gasteiger partial charge in [-0.1, -0.05) is 23.2 Å². The van der Waals surface area contributed by atoms with Crippen LogP contribution in [0.5, 0.6) is 5.75 Å². The highest BCUT2D eigenvalue weighted by Gasteiger charge is 2.07. The maximum absolute atomic E-state index is 8.64. The van der Waals surface area contributed by atoms with Gasteiger partial charge in [0.1, 0.15) is 0 Å². The molecule has 0 fully saturated rings. The van der Waals surface area contributed by atoms with E-state index in [9.17, 15) is 0 Å². The predicted octanol–water partition coefficient (Wildman–Crippen LogP) is 2.86. The molecule has 0 radical (unpaired) electrons. The van der Waals surface area contributed by atoms with Gasteiger partial charge < -0.3 is 15.2 Å². The first-order chi connectivity index (χ1) is 8.19. The van der Waals surface area contributed by atoms with Gasteiger partial charge in [-0.05, 0) is 37.1 Å². The minimum atomic E-state index is 0.238. The normalized spacial score (nSPS) is 10.6. The van der Waals surface area contributed by atoms with Gasteiger partial charge in [0.2, 0.25) is 0 Å². The largest absolute Gasteiger partial charge is 0.494 e. The van der Waals surface area contributed by atoms with Crippen molar-refractivity contribution in [2.45, 2.75) is 19.4 Å². The van der Waals surface area contributed by atoms with Crippen LogP contribution in [0.2, 0.25) is 10.0 Å². The van der Waals surface area contributed by atoms with E-state index in [4.69, 9.17) is 33.0 Å². The summed E-state index contributed by atoms with van der Waals surface area (Å²) < 4.78 is 5.08. The quantitative estimate of drug-likeness (QED) is 0.753. The van der Waals surface area contributed by atoms with Crippen LogP contribution in [0.3, 0.4) is 0 Å². The molecule has 0 saturated carbocycles. The summed E-state index contributed by atoms with van der Waals surface area (Å²) in [4.78, 5) is 0. The second-order valence-electron chi connectivity index (χ2n) is 3.70. The lowest BCUT2D eigenvalue weighted by Crippen LogP contribution is -2.15. The Morgan fingerprint density at radius 1 is 1.24 bits per heavy atom. The van der Waals surface area contributed by atoms with E-state index in [-0.39, 0.29) is 6.61 Å². The van der Waals surface area contributed by atoms with Crippen molar-refractivity contribution in [1.82, 2.24) is 5.32 Å². The van der Waals surface area contributed by atoms with Crippen LogP contribution >= 0.6 is 23.2 Å². The van der Waals surface area contributed by atoms with E-state index >= 15 is 0 Å². The van der Waals surface area contributed by atoms with Gasteiger partial charge in [0, 0.05) is 13.2 Å². The first kappa shape index (κ1) is 14.6. The van der Waals surface area contributed by atoms with Crippen LogP contribution in [0.15, 0.2) is 12.1 Å². The van der Waals surface area contributed by atoms with Gasteiger partial charge in [0.15, 0.2) is 5.75 Å². The number of aliphatic hydroxyl groups is 1. The second kappa shape index (κ2) is 7.77. The summed E-state index contributed by atoms with van der Waals surface area (Å²) in [5.41, 5.74) is 1.02. The maximum Gasteiger partial charge on any atom is 0.156 e. The second-order valence-corrected chi connectivity index (χ2v) is 4.51. The fraction of sp³-hybridized carbons (Fsp3) is 0.500. The number of halogens is 2. The van der Waals surface area contributed by atoms with Gasteiger partial charge in [-0.3, -0.25) is 0 Å². The van der Waals surface area contributed by atoms with Gasteiger partial charge in [0.25, 0.3) is 0 Å². The molecule has 0 amide bonds. The molecule has 3 nitrogen and oxygen atoms in total. The number of nitrogens with one attached hydrogen (secondary N) is 1. The zero-order chi connectivity index (χ0) is 12.7. The molecule has 0 bridgehead atoms. The zero-order valence-corrected chi connectivity index (χ0v) is 11.3. The Morgan fingerprint density at radius 3 is 2.41 bits per heavy atom. The van der Waals surface area contributed by atoms with Crippen molar-refractivity contribution in [3.63, 3.8) is 0 Å². The lowest BCUT2D eigenvalue weighted by atomic mass is 10.2. The van der Waals surface area contributed by atoms with E-state index in [0.717, 1.165) is 24.9 Å². The van der Waals surface area contributed by atoms with Crippen molar-refractivity contribution < 1.29 is 9.84 Å². The highest BCUT2D eigenvalue weighted by Crippen LogP contribution is 2.33. The highest BCUT2D eigenvalue weighted by atomic mass is 35.5. The highest BCUT2D eigenvalue weighted by molar-refractivity contribution is 6.37. The molecule has 1 aromatic carbocycles. The Hall–Kier alpha value is -0.480. The third kappa shape index (κ3) is 4.72. The molecule has 0 aromatic heterocycles. The van der Waals surface area contributed by atoms with E-state index in [1.807, 2.05) is 12.1 Å². The van der Waals surface area contributed by atoms with Crippen LogP contribution in [0.1, 0.15) is 18.4 Å². The molecule has 0 spiro atoms. The molecule has 0 aliphatic heterocycles. The van der Waals surface area contributed by atoms with Crippen molar-refractivity contribution in [3.05, 3.63) is 27.7 Å². The first-order valence-electron chi connectivity index (χ1n) is 5.52. The number of aliphatic hydroxyl groups excluding tert-OH is 1. The van der Waals surface area contributed by atoms with Crippen LogP contribution in [0.25, 0.3) is 0 Å². The Balaban J connectivity index is 2.49. The standard InChI is InChI=1S/C12H17Cl2NO2/c1-17-12-10(13)6-9(7-11(12)14)8-15-4-2-3-5-16/h6-7,15-16H,2-5,8H2,1H3. The fourth-order valence-corrected chi connectivity index (χ4v) is 2.19. The average molecular weight is 278 g/mol. The topological polar surface area (TPSA) is 41.5 Å². The molecule has 0 heterocycles. The van der Waals surface area contributed by atoms with Crippen LogP contribution in [-0.4, -0.2) is 25.4 Å². The summed E-state index contributed by atoms with van der Waals surface area (Å²) in [5, 5.41) is 12.9. The molecule has 1 rings (SSSR count). The molecule has 5 heteroatoms. The number of methoxy groups -OCH3 is 1. The molecule has 2 N–H and O–H groups in total. The van der Waals surface area contributed by atoms with Crippen LogP contribution in [0.4, 0.5) is 0 Å². The van der Waals surface area contributed by atoms with Crippen molar-refractivity contribution in [2.75, 3.05) is 20.3 Å². The van der Waals surface area contributed by atoms with Gasteiger partial charge in [0.05, 0.1) is 17.2 Å². The summed E-state index contributed by atoms with van der Waals surface area (Å²) in [7, 11) is 1.54. The van der Waals surface area contributed by atoms with Gasteiger partial charge in [-0.25, -0.2) is 0 Å². The van der Waals surface area contributed by atoms with Crippen molar-refractivity contribution in [2.24, 2.45) is 0 Å². The summed E-state index contributed by atoms with van der Waals surface area (Å²) >= 11 is 12.1. The lowest BCUT2D eigenvalue weighted by Gasteiger charge is -2.09. The van der Waals surface area contributed by atoms with Gasteiger partial charge in [-0.15, -0.1) is 0 Å². The number of hydrogen-bond acceptors (Lipinski definition) is 3. The number of rotatable bonds is 7. The van der Waals surface area contributed by atoms with Gasteiger partial charge >= 0.3 is 0 Å². The Morgan fingerprint density at radius 2 is 1.88 bits per heavy atom. The van der Waals surface area contributed by atoms with Crippen molar-refractivity contribution in [3.8, 4) is 5.75 Å². The SMILES string of the molecule is COc1c(Cl)cc(CNCCCCO)cc1Cl.